The number of nitrogens with one attached hydrogen (secondary N) is 1. The van der Waals surface area contributed by atoms with Gasteiger partial charge in [-0.1, -0.05) is 29.8 Å². The van der Waals surface area contributed by atoms with Crippen molar-refractivity contribution in [2.24, 2.45) is 0 Å². The maximum Gasteiger partial charge on any atom is 0.262 e. The number of oxazole rings is 1. The normalized spacial score (nSPS) is 10.9. The minimum Gasteiger partial charge on any atom is -0.482 e. The van der Waals surface area contributed by atoms with Gasteiger partial charge < -0.3 is 14.5 Å². The van der Waals surface area contributed by atoms with E-state index < -0.39 is 0 Å². The molecule has 1 aromatic heterocycles. The van der Waals surface area contributed by atoms with Crippen LogP contribution in [-0.2, 0) is 4.79 Å². The number of aryl methyl sites for hydroxylation is 2. The van der Waals surface area contributed by atoms with Crippen molar-refractivity contribution in [3.05, 3.63) is 76.8 Å². The summed E-state index contributed by atoms with van der Waals surface area (Å²) in [6.45, 7) is 3.98. The zero-order valence-electron chi connectivity index (χ0n) is 16.0. The number of rotatable bonds is 5. The maximum atomic E-state index is 12.2. The molecule has 4 aromatic rings. The molecule has 29 heavy (non-hydrogen) atoms. The van der Waals surface area contributed by atoms with Gasteiger partial charge in [-0.3, -0.25) is 4.79 Å². The van der Waals surface area contributed by atoms with Gasteiger partial charge in [-0.25, -0.2) is 4.98 Å². The number of amides is 1. The number of hydrogen-bond donors (Lipinski definition) is 1. The number of hydrogen-bond acceptors (Lipinski definition) is 4. The molecule has 0 saturated carbocycles. The number of benzene rings is 3. The van der Waals surface area contributed by atoms with E-state index in [4.69, 9.17) is 20.8 Å². The van der Waals surface area contributed by atoms with E-state index in [1.807, 2.05) is 12.1 Å². The highest BCUT2D eigenvalue weighted by Crippen LogP contribution is 2.27. The van der Waals surface area contributed by atoms with Crippen LogP contribution in [-0.4, -0.2) is 17.5 Å². The monoisotopic (exact) mass is 406 g/mol. The van der Waals surface area contributed by atoms with Crippen LogP contribution in [0.4, 0.5) is 5.69 Å². The molecule has 0 unspecified atom stereocenters. The van der Waals surface area contributed by atoms with Crippen molar-refractivity contribution in [3.63, 3.8) is 0 Å². The van der Waals surface area contributed by atoms with Gasteiger partial charge in [0, 0.05) is 11.3 Å². The van der Waals surface area contributed by atoms with Crippen LogP contribution in [0, 0.1) is 13.8 Å². The molecule has 1 heterocycles. The van der Waals surface area contributed by atoms with Gasteiger partial charge in [0.1, 0.15) is 11.3 Å². The first-order chi connectivity index (χ1) is 14.0. The number of carbonyl (C=O) groups excluding carboxylic acids is 1. The maximum absolute atomic E-state index is 12.2. The van der Waals surface area contributed by atoms with Gasteiger partial charge >= 0.3 is 0 Å². The second-order valence-corrected chi connectivity index (χ2v) is 7.18. The van der Waals surface area contributed by atoms with Gasteiger partial charge in [0.05, 0.1) is 5.02 Å². The number of fused-ring (bicyclic) bond motifs is 1. The van der Waals surface area contributed by atoms with E-state index >= 15 is 0 Å². The quantitative estimate of drug-likeness (QED) is 0.456. The molecule has 0 saturated heterocycles. The molecule has 1 N–H and O–H groups in total. The van der Waals surface area contributed by atoms with Crippen LogP contribution in [0.5, 0.6) is 5.75 Å². The highest BCUT2D eigenvalue weighted by atomic mass is 35.5. The summed E-state index contributed by atoms with van der Waals surface area (Å²) in [6.07, 6.45) is 0. The van der Waals surface area contributed by atoms with Crippen molar-refractivity contribution in [1.29, 1.82) is 0 Å². The Bertz CT molecular complexity index is 1200. The van der Waals surface area contributed by atoms with Gasteiger partial charge in [0.2, 0.25) is 5.89 Å². The Morgan fingerprint density at radius 1 is 1.07 bits per heavy atom. The molecule has 0 atom stereocenters. The largest absolute Gasteiger partial charge is 0.482 e. The molecule has 1 amide bonds. The predicted octanol–water partition coefficient (Wildman–Crippen LogP) is 5.78. The van der Waals surface area contributed by atoms with E-state index in [1.165, 1.54) is 11.1 Å². The third-order valence-electron chi connectivity index (χ3n) is 4.62. The van der Waals surface area contributed by atoms with E-state index in [-0.39, 0.29) is 12.5 Å². The summed E-state index contributed by atoms with van der Waals surface area (Å²) in [6, 6.07) is 18.4. The first-order valence-corrected chi connectivity index (χ1v) is 9.53. The van der Waals surface area contributed by atoms with Gasteiger partial charge in [-0.2, -0.15) is 0 Å². The predicted molar refractivity (Wildman–Crippen MR) is 114 cm³/mol. The number of nitrogens with zero attached hydrogens (tertiary/aromatic N) is 1. The van der Waals surface area contributed by atoms with Crippen molar-refractivity contribution in [2.75, 3.05) is 11.9 Å². The van der Waals surface area contributed by atoms with E-state index in [0.717, 1.165) is 5.56 Å². The standard InChI is InChI=1S/C23H19ClN2O3/c1-14-7-8-16(11-15(14)2)23-26-19-12-17(9-10-21(19)29-23)25-22(27)13-28-20-6-4-3-5-18(20)24/h3-12H,13H2,1-2H3,(H,25,27). The van der Waals surface area contributed by atoms with Gasteiger partial charge in [-0.05, 0) is 67.4 Å². The molecule has 146 valence electrons. The van der Waals surface area contributed by atoms with Gasteiger partial charge in [-0.15, -0.1) is 0 Å². The number of aromatic nitrogens is 1. The molecule has 0 aliphatic rings. The van der Waals surface area contributed by atoms with Gasteiger partial charge in [0.15, 0.2) is 12.2 Å². The highest BCUT2D eigenvalue weighted by Gasteiger charge is 2.11. The number of para-hydroxylation sites is 1. The van der Waals surface area contributed by atoms with Crippen LogP contribution in [0.2, 0.25) is 5.02 Å². The summed E-state index contributed by atoms with van der Waals surface area (Å²) >= 11 is 6.03. The molecule has 0 fully saturated rings. The molecule has 5 nitrogen and oxygen atoms in total. The number of carbonyl (C=O) groups is 1. The van der Waals surface area contributed by atoms with E-state index in [0.29, 0.717) is 33.4 Å². The number of anilines is 1. The van der Waals surface area contributed by atoms with Crippen LogP contribution < -0.4 is 10.1 Å². The zero-order valence-corrected chi connectivity index (χ0v) is 16.8. The molecule has 0 radical (unpaired) electrons. The SMILES string of the molecule is Cc1ccc(-c2nc3cc(NC(=O)COc4ccccc4Cl)ccc3o2)cc1C. The van der Waals surface area contributed by atoms with Crippen LogP contribution in [0.15, 0.2) is 65.1 Å². The molecule has 3 aromatic carbocycles. The summed E-state index contributed by atoms with van der Waals surface area (Å²) in [4.78, 5) is 16.8. The van der Waals surface area contributed by atoms with Crippen LogP contribution in [0.25, 0.3) is 22.6 Å². The Balaban J connectivity index is 1.48. The molecule has 0 bridgehead atoms. The van der Waals surface area contributed by atoms with Crippen molar-refractivity contribution in [2.45, 2.75) is 13.8 Å². The average Bonchev–Trinajstić information content (AvgIpc) is 3.13. The molecule has 0 spiro atoms. The topological polar surface area (TPSA) is 64.4 Å². The Hall–Kier alpha value is -3.31. The highest BCUT2D eigenvalue weighted by molar-refractivity contribution is 6.32. The van der Waals surface area contributed by atoms with Crippen LogP contribution in [0.1, 0.15) is 11.1 Å². The lowest BCUT2D eigenvalue weighted by atomic mass is 10.1. The fraction of sp³-hybridized carbons (Fsp3) is 0.130. The number of ether oxygens (including phenoxy) is 1. The van der Waals surface area contributed by atoms with Crippen molar-refractivity contribution in [3.8, 4) is 17.2 Å². The van der Waals surface area contributed by atoms with E-state index in [2.05, 4.69) is 30.2 Å². The Morgan fingerprint density at radius 2 is 1.90 bits per heavy atom. The minimum atomic E-state index is -0.290. The van der Waals surface area contributed by atoms with Crippen molar-refractivity contribution < 1.29 is 13.9 Å². The molecule has 0 aliphatic carbocycles. The minimum absolute atomic E-state index is 0.144. The summed E-state index contributed by atoms with van der Waals surface area (Å²) in [5.41, 5.74) is 5.25. The average molecular weight is 407 g/mol. The molecule has 6 heteroatoms. The Morgan fingerprint density at radius 3 is 2.69 bits per heavy atom. The van der Waals surface area contributed by atoms with Crippen LogP contribution in [0.3, 0.4) is 0 Å². The van der Waals surface area contributed by atoms with E-state index in [9.17, 15) is 4.79 Å². The summed E-state index contributed by atoms with van der Waals surface area (Å²) in [5, 5.41) is 3.26. The smallest absolute Gasteiger partial charge is 0.262 e. The van der Waals surface area contributed by atoms with Crippen LogP contribution >= 0.6 is 11.6 Å². The lowest BCUT2D eigenvalue weighted by molar-refractivity contribution is -0.118. The summed E-state index contributed by atoms with van der Waals surface area (Å²) in [5.74, 6) is 0.727. The molecule has 0 aliphatic heterocycles. The second-order valence-electron chi connectivity index (χ2n) is 6.77. The Labute approximate surface area is 173 Å². The number of halogens is 1. The van der Waals surface area contributed by atoms with Crippen molar-refractivity contribution >= 4 is 34.3 Å². The zero-order chi connectivity index (χ0) is 20.4. The lowest BCUT2D eigenvalue weighted by Gasteiger charge is -2.08. The first kappa shape index (κ1) is 19.0. The lowest BCUT2D eigenvalue weighted by Crippen LogP contribution is -2.20. The summed E-state index contributed by atoms with van der Waals surface area (Å²) < 4.78 is 11.3. The summed E-state index contributed by atoms with van der Waals surface area (Å²) in [7, 11) is 0. The first-order valence-electron chi connectivity index (χ1n) is 9.15. The third-order valence-corrected chi connectivity index (χ3v) is 4.93. The molecular formula is C23H19ClN2O3. The third kappa shape index (κ3) is 4.25. The second kappa shape index (κ2) is 7.97. The van der Waals surface area contributed by atoms with Crippen molar-refractivity contribution in [1.82, 2.24) is 4.98 Å². The fourth-order valence-electron chi connectivity index (χ4n) is 2.91. The fourth-order valence-corrected chi connectivity index (χ4v) is 3.10. The Kier molecular flexibility index (Phi) is 5.23. The molecule has 4 rings (SSSR count). The van der Waals surface area contributed by atoms with Gasteiger partial charge in [0.25, 0.3) is 5.91 Å². The molecular weight excluding hydrogens is 388 g/mol. The van der Waals surface area contributed by atoms with E-state index in [1.54, 1.807) is 42.5 Å².